The van der Waals surface area contributed by atoms with Gasteiger partial charge in [-0.3, -0.25) is 10.4 Å². The van der Waals surface area contributed by atoms with E-state index in [0.717, 1.165) is 22.5 Å². The van der Waals surface area contributed by atoms with Crippen molar-refractivity contribution in [3.8, 4) is 16.9 Å². The van der Waals surface area contributed by atoms with E-state index in [2.05, 4.69) is 20.5 Å². The van der Waals surface area contributed by atoms with Crippen LogP contribution in [-0.2, 0) is 0 Å². The van der Waals surface area contributed by atoms with Crippen LogP contribution in [0.5, 0.6) is 0 Å². The van der Waals surface area contributed by atoms with Crippen LogP contribution in [0.15, 0.2) is 90.6 Å². The first-order valence-corrected chi connectivity index (χ1v) is 8.16. The highest BCUT2D eigenvalue weighted by Gasteiger charge is 2.11. The molecule has 6 nitrogen and oxygen atoms in total. The second kappa shape index (κ2) is 7.40. The summed E-state index contributed by atoms with van der Waals surface area (Å²) in [6.45, 7) is 0. The van der Waals surface area contributed by atoms with Gasteiger partial charge >= 0.3 is 0 Å². The molecule has 0 saturated carbocycles. The maximum absolute atomic E-state index is 4.72. The number of hydrogen-bond donors (Lipinski definition) is 1. The van der Waals surface area contributed by atoms with Crippen LogP contribution in [0.1, 0.15) is 5.56 Å². The molecule has 0 fully saturated rings. The van der Waals surface area contributed by atoms with Gasteiger partial charge in [-0.2, -0.15) is 10.2 Å². The number of anilines is 1. The Labute approximate surface area is 150 Å². The van der Waals surface area contributed by atoms with Crippen molar-refractivity contribution in [2.75, 3.05) is 5.43 Å². The number of nitrogens with one attached hydrogen (secondary N) is 1. The smallest absolute Gasteiger partial charge is 0.146 e. The predicted molar refractivity (Wildman–Crippen MR) is 102 cm³/mol. The van der Waals surface area contributed by atoms with E-state index in [0.29, 0.717) is 5.82 Å². The number of nitrogens with zero attached hydrogens (tertiary/aromatic N) is 5. The maximum atomic E-state index is 4.72. The Morgan fingerprint density at radius 2 is 1.81 bits per heavy atom. The molecule has 126 valence electrons. The van der Waals surface area contributed by atoms with Gasteiger partial charge in [0.15, 0.2) is 0 Å². The predicted octanol–water partition coefficient (Wildman–Crippen LogP) is 3.78. The van der Waals surface area contributed by atoms with Gasteiger partial charge in [-0.1, -0.05) is 24.3 Å². The Bertz CT molecular complexity index is 994. The van der Waals surface area contributed by atoms with Gasteiger partial charge < -0.3 is 0 Å². The fourth-order valence-electron chi connectivity index (χ4n) is 2.52. The van der Waals surface area contributed by atoms with Gasteiger partial charge in [0.25, 0.3) is 0 Å². The minimum absolute atomic E-state index is 0.683. The van der Waals surface area contributed by atoms with Crippen LogP contribution in [0.2, 0.25) is 0 Å². The van der Waals surface area contributed by atoms with Crippen molar-refractivity contribution >= 4 is 12.0 Å². The number of aromatic nitrogens is 4. The zero-order chi connectivity index (χ0) is 17.6. The lowest BCUT2D eigenvalue weighted by molar-refractivity contribution is 0.884. The number of benzene rings is 1. The topological polar surface area (TPSA) is 68.0 Å². The molecule has 1 N–H and O–H groups in total. The zero-order valence-corrected chi connectivity index (χ0v) is 13.9. The molecule has 4 rings (SSSR count). The number of hydrogen-bond acceptors (Lipinski definition) is 5. The van der Waals surface area contributed by atoms with Gasteiger partial charge in [-0.15, -0.1) is 0 Å². The highest BCUT2D eigenvalue weighted by Crippen LogP contribution is 2.21. The van der Waals surface area contributed by atoms with Crippen LogP contribution in [0.4, 0.5) is 5.82 Å². The molecule has 4 aromatic rings. The van der Waals surface area contributed by atoms with E-state index >= 15 is 0 Å². The fourth-order valence-corrected chi connectivity index (χ4v) is 2.52. The van der Waals surface area contributed by atoms with Crippen LogP contribution < -0.4 is 5.43 Å². The summed E-state index contributed by atoms with van der Waals surface area (Å²) in [4.78, 5) is 8.38. The molecule has 3 aromatic heterocycles. The molecule has 0 amide bonds. The molecule has 26 heavy (non-hydrogen) atoms. The molecule has 6 heteroatoms. The highest BCUT2D eigenvalue weighted by molar-refractivity contribution is 5.89. The van der Waals surface area contributed by atoms with E-state index in [9.17, 15) is 0 Å². The van der Waals surface area contributed by atoms with E-state index in [4.69, 9.17) is 5.10 Å². The number of pyridine rings is 2. The van der Waals surface area contributed by atoms with Gasteiger partial charge in [0.1, 0.15) is 11.5 Å². The maximum Gasteiger partial charge on any atom is 0.146 e. The lowest BCUT2D eigenvalue weighted by Crippen LogP contribution is -1.94. The number of rotatable bonds is 5. The summed E-state index contributed by atoms with van der Waals surface area (Å²) >= 11 is 0. The third-order valence-electron chi connectivity index (χ3n) is 3.75. The van der Waals surface area contributed by atoms with Gasteiger partial charge in [-0.25, -0.2) is 9.67 Å². The molecule has 3 heterocycles. The molecule has 1 aromatic carbocycles. The normalized spacial score (nSPS) is 10.9. The van der Waals surface area contributed by atoms with Gasteiger partial charge in [0.05, 0.1) is 11.9 Å². The standard InChI is InChI=1S/C20H16N6/c1-2-8-18(9-3-1)26-15-17(14-23-24-19-10-4-5-12-22-19)20(25-26)16-7-6-11-21-13-16/h1-15H,(H,22,24)/b23-14-. The van der Waals surface area contributed by atoms with Crippen molar-refractivity contribution in [2.45, 2.75) is 0 Å². The van der Waals surface area contributed by atoms with Gasteiger partial charge in [0.2, 0.25) is 0 Å². The summed E-state index contributed by atoms with van der Waals surface area (Å²) in [5.74, 6) is 0.683. The molecular formula is C20H16N6. The quantitative estimate of drug-likeness (QED) is 0.443. The average Bonchev–Trinajstić information content (AvgIpc) is 3.14. The summed E-state index contributed by atoms with van der Waals surface area (Å²) in [5.41, 5.74) is 6.53. The monoisotopic (exact) mass is 340 g/mol. The number of para-hydroxylation sites is 1. The SMILES string of the molecule is C(=N/Nc1ccccn1)/c1cn(-c2ccccc2)nc1-c1cccnc1. The summed E-state index contributed by atoms with van der Waals surface area (Å²) in [6.07, 6.45) is 8.94. The Morgan fingerprint density at radius 3 is 2.58 bits per heavy atom. The minimum atomic E-state index is 0.683. The van der Waals surface area contributed by atoms with Crippen LogP contribution >= 0.6 is 0 Å². The van der Waals surface area contributed by atoms with E-state index in [1.165, 1.54) is 0 Å². The Morgan fingerprint density at radius 1 is 0.923 bits per heavy atom. The third-order valence-corrected chi connectivity index (χ3v) is 3.75. The first-order valence-electron chi connectivity index (χ1n) is 8.16. The second-order valence-corrected chi connectivity index (χ2v) is 5.54. The molecule has 0 aliphatic carbocycles. The molecule has 0 saturated heterocycles. The molecule has 0 radical (unpaired) electrons. The van der Waals surface area contributed by atoms with Crippen LogP contribution in [0.3, 0.4) is 0 Å². The lowest BCUT2D eigenvalue weighted by atomic mass is 10.1. The Hall–Kier alpha value is -3.80. The molecule has 0 aliphatic heterocycles. The Balaban J connectivity index is 1.69. The summed E-state index contributed by atoms with van der Waals surface area (Å²) in [5, 5.41) is 9.01. The van der Waals surface area contributed by atoms with Crippen LogP contribution in [0, 0.1) is 0 Å². The molecule has 0 unspecified atom stereocenters. The minimum Gasteiger partial charge on any atom is -0.264 e. The van der Waals surface area contributed by atoms with E-state index < -0.39 is 0 Å². The first-order chi connectivity index (χ1) is 12.9. The summed E-state index contributed by atoms with van der Waals surface area (Å²) in [7, 11) is 0. The van der Waals surface area contributed by atoms with Crippen LogP contribution in [0.25, 0.3) is 16.9 Å². The van der Waals surface area contributed by atoms with Gasteiger partial charge in [0, 0.05) is 35.9 Å². The van der Waals surface area contributed by atoms with E-state index in [1.54, 1.807) is 24.8 Å². The largest absolute Gasteiger partial charge is 0.264 e. The summed E-state index contributed by atoms with van der Waals surface area (Å²) in [6, 6.07) is 19.5. The molecule has 0 spiro atoms. The Kier molecular flexibility index (Phi) is 4.47. The number of hydrazone groups is 1. The van der Waals surface area contributed by atoms with Crippen molar-refractivity contribution in [1.82, 2.24) is 19.7 Å². The average molecular weight is 340 g/mol. The molecular weight excluding hydrogens is 324 g/mol. The first kappa shape index (κ1) is 15.7. The van der Waals surface area contributed by atoms with E-state index in [-0.39, 0.29) is 0 Å². The van der Waals surface area contributed by atoms with Crippen LogP contribution in [-0.4, -0.2) is 26.0 Å². The summed E-state index contributed by atoms with van der Waals surface area (Å²) < 4.78 is 1.84. The molecule has 0 bridgehead atoms. The van der Waals surface area contributed by atoms with Crippen molar-refractivity contribution in [2.24, 2.45) is 5.10 Å². The van der Waals surface area contributed by atoms with Crippen molar-refractivity contribution in [1.29, 1.82) is 0 Å². The molecule has 0 atom stereocenters. The third kappa shape index (κ3) is 3.49. The van der Waals surface area contributed by atoms with Gasteiger partial charge in [-0.05, 0) is 36.4 Å². The zero-order valence-electron chi connectivity index (χ0n) is 13.9. The lowest BCUT2D eigenvalue weighted by Gasteiger charge is -2.00. The van der Waals surface area contributed by atoms with Crippen molar-refractivity contribution < 1.29 is 0 Å². The highest BCUT2D eigenvalue weighted by atomic mass is 15.3. The second-order valence-electron chi connectivity index (χ2n) is 5.54. The fraction of sp³-hybridized carbons (Fsp3) is 0. The van der Waals surface area contributed by atoms with E-state index in [1.807, 2.05) is 71.5 Å². The van der Waals surface area contributed by atoms with Crippen molar-refractivity contribution in [3.05, 3.63) is 91.0 Å². The van der Waals surface area contributed by atoms with Crippen molar-refractivity contribution in [3.63, 3.8) is 0 Å². The molecule has 0 aliphatic rings.